The lowest BCUT2D eigenvalue weighted by molar-refractivity contribution is -0.113. The van der Waals surface area contributed by atoms with E-state index in [1.807, 2.05) is 0 Å². The molecule has 0 unspecified atom stereocenters. The third-order valence-electron chi connectivity index (χ3n) is 4.31. The number of anilines is 1. The van der Waals surface area contributed by atoms with Crippen molar-refractivity contribution in [2.24, 2.45) is 0 Å². The molecule has 0 radical (unpaired) electrons. The molecule has 4 aromatic rings. The maximum absolute atomic E-state index is 13.9. The van der Waals surface area contributed by atoms with Gasteiger partial charge in [0, 0.05) is 10.0 Å². The van der Waals surface area contributed by atoms with E-state index in [1.54, 1.807) is 30.3 Å². The summed E-state index contributed by atoms with van der Waals surface area (Å²) in [6, 6.07) is 12.1. The molecule has 4 rings (SSSR count). The van der Waals surface area contributed by atoms with Gasteiger partial charge in [-0.1, -0.05) is 35.0 Å². The van der Waals surface area contributed by atoms with E-state index in [1.165, 1.54) is 29.0 Å². The molecule has 0 aliphatic heterocycles. The van der Waals surface area contributed by atoms with E-state index in [-0.39, 0.29) is 23.5 Å². The highest BCUT2D eigenvalue weighted by Crippen LogP contribution is 2.23. The largest absolute Gasteiger partial charge is 0.467 e. The summed E-state index contributed by atoms with van der Waals surface area (Å²) >= 11 is 12.9. The third-order valence-corrected chi connectivity index (χ3v) is 5.76. The minimum Gasteiger partial charge on any atom is -0.467 e. The molecule has 2 aromatic heterocycles. The van der Waals surface area contributed by atoms with Gasteiger partial charge in [0.25, 0.3) is 5.56 Å². The molecule has 2 heterocycles. The molecular weight excluding hydrogens is 464 g/mol. The van der Waals surface area contributed by atoms with Crippen LogP contribution in [-0.4, -0.2) is 21.2 Å². The Kier molecular flexibility index (Phi) is 6.31. The molecule has 0 aliphatic carbocycles. The number of nitrogens with one attached hydrogen (secondary N) is 1. The molecule has 0 fully saturated rings. The van der Waals surface area contributed by atoms with E-state index in [2.05, 4.69) is 10.3 Å². The van der Waals surface area contributed by atoms with E-state index >= 15 is 0 Å². The number of carbonyl (C=O) groups is 1. The van der Waals surface area contributed by atoms with Crippen molar-refractivity contribution in [1.29, 1.82) is 0 Å². The van der Waals surface area contributed by atoms with Crippen LogP contribution in [0, 0.1) is 5.82 Å². The van der Waals surface area contributed by atoms with E-state index in [9.17, 15) is 14.0 Å². The van der Waals surface area contributed by atoms with Crippen LogP contribution in [0.25, 0.3) is 10.9 Å². The molecule has 0 bridgehead atoms. The van der Waals surface area contributed by atoms with Gasteiger partial charge in [-0.2, -0.15) is 0 Å². The average molecular weight is 478 g/mol. The first-order valence-corrected chi connectivity index (χ1v) is 10.7. The fraction of sp³-hybridized carbons (Fsp3) is 0.0952. The van der Waals surface area contributed by atoms with Crippen LogP contribution in [0.1, 0.15) is 5.76 Å². The summed E-state index contributed by atoms with van der Waals surface area (Å²) < 4.78 is 20.7. The Hall–Kier alpha value is -2.81. The number of aromatic nitrogens is 2. The molecule has 6 nitrogen and oxygen atoms in total. The summed E-state index contributed by atoms with van der Waals surface area (Å²) in [4.78, 5) is 30.0. The zero-order valence-electron chi connectivity index (χ0n) is 15.8. The summed E-state index contributed by atoms with van der Waals surface area (Å²) in [5.41, 5.74) is 0.100. The van der Waals surface area contributed by atoms with Gasteiger partial charge in [0.05, 0.1) is 35.2 Å². The minimum atomic E-state index is -0.601. The first kappa shape index (κ1) is 21.4. The number of furan rings is 1. The highest BCUT2D eigenvalue weighted by molar-refractivity contribution is 7.99. The lowest BCUT2D eigenvalue weighted by atomic mass is 10.2. The van der Waals surface area contributed by atoms with E-state index in [4.69, 9.17) is 27.6 Å². The van der Waals surface area contributed by atoms with Crippen LogP contribution in [0.15, 0.2) is 69.2 Å². The molecule has 0 saturated carbocycles. The molecule has 158 valence electrons. The van der Waals surface area contributed by atoms with Crippen molar-refractivity contribution >= 4 is 57.5 Å². The summed E-state index contributed by atoms with van der Waals surface area (Å²) in [5, 5.41) is 3.91. The van der Waals surface area contributed by atoms with Gasteiger partial charge in [-0.15, -0.1) is 0 Å². The number of amides is 1. The van der Waals surface area contributed by atoms with Crippen molar-refractivity contribution in [2.45, 2.75) is 11.7 Å². The van der Waals surface area contributed by atoms with Crippen LogP contribution in [-0.2, 0) is 11.3 Å². The maximum atomic E-state index is 13.9. The monoisotopic (exact) mass is 477 g/mol. The first-order valence-electron chi connectivity index (χ1n) is 9.01. The van der Waals surface area contributed by atoms with Crippen molar-refractivity contribution < 1.29 is 13.6 Å². The predicted molar refractivity (Wildman–Crippen MR) is 120 cm³/mol. The quantitative estimate of drug-likeness (QED) is 0.304. The molecule has 0 saturated heterocycles. The van der Waals surface area contributed by atoms with Crippen molar-refractivity contribution in [2.75, 3.05) is 11.1 Å². The Labute approximate surface area is 190 Å². The van der Waals surface area contributed by atoms with Crippen LogP contribution < -0.4 is 10.9 Å². The average Bonchev–Trinajstić information content (AvgIpc) is 3.24. The molecule has 1 N–H and O–H groups in total. The van der Waals surface area contributed by atoms with Gasteiger partial charge < -0.3 is 9.73 Å². The van der Waals surface area contributed by atoms with Crippen LogP contribution >= 0.6 is 35.0 Å². The van der Waals surface area contributed by atoms with Gasteiger partial charge in [-0.3, -0.25) is 14.2 Å². The fourth-order valence-electron chi connectivity index (χ4n) is 2.89. The van der Waals surface area contributed by atoms with Crippen LogP contribution in [0.2, 0.25) is 10.0 Å². The molecule has 10 heteroatoms. The summed E-state index contributed by atoms with van der Waals surface area (Å²) in [7, 11) is 0. The predicted octanol–water partition coefficient (Wildman–Crippen LogP) is 5.21. The number of carbonyl (C=O) groups excluding carboxylic acids is 1. The lowest BCUT2D eigenvalue weighted by Gasteiger charge is -2.12. The molecule has 31 heavy (non-hydrogen) atoms. The molecular formula is C21H14Cl2FN3O3S. The minimum absolute atomic E-state index is 0.0238. The van der Waals surface area contributed by atoms with Crippen LogP contribution in [0.4, 0.5) is 10.1 Å². The number of hydrogen-bond donors (Lipinski definition) is 1. The van der Waals surface area contributed by atoms with Crippen molar-refractivity contribution in [3.63, 3.8) is 0 Å². The summed E-state index contributed by atoms with van der Waals surface area (Å²) in [6.07, 6.45) is 1.51. The van der Waals surface area contributed by atoms with Crippen LogP contribution in [0.5, 0.6) is 0 Å². The van der Waals surface area contributed by atoms with Crippen molar-refractivity contribution in [3.8, 4) is 0 Å². The second-order valence-corrected chi connectivity index (χ2v) is 8.30. The molecule has 1 amide bonds. The Bertz CT molecular complexity index is 1330. The zero-order chi connectivity index (χ0) is 22.0. The molecule has 0 atom stereocenters. The summed E-state index contributed by atoms with van der Waals surface area (Å²) in [6.45, 7) is 0.143. The number of nitrogens with zero attached hydrogens (tertiary/aromatic N) is 2. The number of rotatable bonds is 6. The third kappa shape index (κ3) is 4.92. The van der Waals surface area contributed by atoms with Crippen LogP contribution in [0.3, 0.4) is 0 Å². The fourth-order valence-corrected chi connectivity index (χ4v) is 4.03. The Morgan fingerprint density at radius 2 is 1.94 bits per heavy atom. The normalized spacial score (nSPS) is 11.1. The number of fused-ring (bicyclic) bond motifs is 1. The van der Waals surface area contributed by atoms with Crippen molar-refractivity contribution in [3.05, 3.63) is 86.8 Å². The Morgan fingerprint density at radius 3 is 2.71 bits per heavy atom. The second kappa shape index (κ2) is 9.13. The van der Waals surface area contributed by atoms with E-state index in [0.29, 0.717) is 31.9 Å². The SMILES string of the molecule is O=C(CSc1nc2cc(Cl)ccc2c(=O)n1Cc1ccco1)Nc1cc(Cl)ccc1F. The molecule has 2 aromatic carbocycles. The Morgan fingerprint density at radius 1 is 1.16 bits per heavy atom. The van der Waals surface area contributed by atoms with Crippen molar-refractivity contribution in [1.82, 2.24) is 9.55 Å². The second-order valence-electron chi connectivity index (χ2n) is 6.49. The maximum Gasteiger partial charge on any atom is 0.262 e. The van der Waals surface area contributed by atoms with Gasteiger partial charge in [0.15, 0.2) is 5.16 Å². The van der Waals surface area contributed by atoms with Gasteiger partial charge in [-0.25, -0.2) is 9.37 Å². The van der Waals surface area contributed by atoms with E-state index in [0.717, 1.165) is 11.8 Å². The van der Waals surface area contributed by atoms with Gasteiger partial charge in [0.2, 0.25) is 5.91 Å². The van der Waals surface area contributed by atoms with Gasteiger partial charge in [0.1, 0.15) is 11.6 Å². The zero-order valence-corrected chi connectivity index (χ0v) is 18.1. The standard InChI is InChI=1S/C21H14Cl2FN3O3S/c22-12-3-5-15-17(8-12)26-21(27(20(15)29)10-14-2-1-7-30-14)31-11-19(28)25-18-9-13(23)4-6-16(18)24/h1-9H,10-11H2,(H,25,28). The number of halogens is 3. The number of thioether (sulfide) groups is 1. The lowest BCUT2D eigenvalue weighted by Crippen LogP contribution is -2.24. The highest BCUT2D eigenvalue weighted by Gasteiger charge is 2.16. The van der Waals surface area contributed by atoms with Gasteiger partial charge >= 0.3 is 0 Å². The molecule has 0 aliphatic rings. The number of hydrogen-bond acceptors (Lipinski definition) is 5. The topological polar surface area (TPSA) is 77.1 Å². The van der Waals surface area contributed by atoms with E-state index < -0.39 is 11.7 Å². The smallest absolute Gasteiger partial charge is 0.262 e. The molecule has 0 spiro atoms. The summed E-state index contributed by atoms with van der Waals surface area (Å²) in [5.74, 6) is -0.626. The Balaban J connectivity index is 1.62. The van der Waals surface area contributed by atoms with Gasteiger partial charge in [-0.05, 0) is 48.5 Å². The number of benzene rings is 2. The first-order chi connectivity index (χ1) is 14.9. The highest BCUT2D eigenvalue weighted by atomic mass is 35.5.